The summed E-state index contributed by atoms with van der Waals surface area (Å²) in [4.78, 5) is 5.23. The summed E-state index contributed by atoms with van der Waals surface area (Å²) >= 11 is 14.4. The number of rotatable bonds is 8. The number of oxazole rings is 1. The summed E-state index contributed by atoms with van der Waals surface area (Å²) in [5.74, 6) is 1.17. The first-order valence-corrected chi connectivity index (χ1v) is 14.9. The molecule has 0 saturated heterocycles. The molecule has 4 aromatic carbocycles. The third-order valence-electron chi connectivity index (χ3n) is 5.82. The summed E-state index contributed by atoms with van der Waals surface area (Å²) in [6.07, 6.45) is 1.87. The average Bonchev–Trinajstić information content (AvgIpc) is 3.34. The van der Waals surface area contributed by atoms with Gasteiger partial charge in [-0.2, -0.15) is 4.98 Å². The van der Waals surface area contributed by atoms with Crippen molar-refractivity contribution in [1.82, 2.24) is 4.98 Å². The van der Waals surface area contributed by atoms with Gasteiger partial charge in [-0.15, -0.1) is 6.58 Å². The molecule has 0 radical (unpaired) electrons. The van der Waals surface area contributed by atoms with Crippen molar-refractivity contribution in [3.8, 4) is 11.5 Å². The van der Waals surface area contributed by atoms with Crippen LogP contribution in [0.25, 0.3) is 11.5 Å². The first-order chi connectivity index (χ1) is 17.6. The highest BCUT2D eigenvalue weighted by Crippen LogP contribution is 2.56. The van der Waals surface area contributed by atoms with E-state index in [1.54, 1.807) is 23.9 Å². The van der Waals surface area contributed by atoms with Crippen molar-refractivity contribution in [2.75, 3.05) is 5.75 Å². The van der Waals surface area contributed by atoms with Gasteiger partial charge >= 0.3 is 0 Å². The van der Waals surface area contributed by atoms with Gasteiger partial charge in [0.25, 0.3) is 5.44 Å². The normalized spacial score (nSPS) is 11.1. The number of aromatic nitrogens is 1. The van der Waals surface area contributed by atoms with Crippen molar-refractivity contribution in [2.45, 2.75) is 5.09 Å². The minimum atomic E-state index is -2.44. The van der Waals surface area contributed by atoms with Gasteiger partial charge in [0.15, 0.2) is 7.26 Å². The van der Waals surface area contributed by atoms with Crippen LogP contribution in [-0.4, -0.2) is 10.7 Å². The molecule has 5 aromatic rings. The van der Waals surface area contributed by atoms with Crippen molar-refractivity contribution >= 4 is 63.6 Å². The summed E-state index contributed by atoms with van der Waals surface area (Å²) in [7, 11) is -2.44. The van der Waals surface area contributed by atoms with Gasteiger partial charge in [0.2, 0.25) is 11.0 Å². The van der Waals surface area contributed by atoms with Crippen LogP contribution in [0.3, 0.4) is 0 Å². The average molecular weight is 674 g/mol. The molecule has 0 aliphatic heterocycles. The number of hydrogen-bond donors (Lipinski definition) is 0. The molecule has 2 nitrogen and oxygen atoms in total. The lowest BCUT2D eigenvalue weighted by molar-refractivity contribution is -0.00000721. The third-order valence-corrected chi connectivity index (χ3v) is 11.6. The van der Waals surface area contributed by atoms with Gasteiger partial charge in [0, 0.05) is 10.8 Å². The van der Waals surface area contributed by atoms with Crippen molar-refractivity contribution in [3.05, 3.63) is 132 Å². The van der Waals surface area contributed by atoms with Crippen LogP contribution in [0.1, 0.15) is 0 Å². The Kier molecular flexibility index (Phi) is 9.55. The lowest BCUT2D eigenvalue weighted by Gasteiger charge is -2.25. The van der Waals surface area contributed by atoms with Crippen molar-refractivity contribution in [3.63, 3.8) is 0 Å². The maximum Gasteiger partial charge on any atom is 0.251 e. The molecule has 0 fully saturated rings. The topological polar surface area (TPSA) is 26.0 Å². The van der Waals surface area contributed by atoms with Crippen LogP contribution in [0.15, 0.2) is 131 Å². The van der Waals surface area contributed by atoms with Crippen LogP contribution in [-0.2, 0) is 0 Å². The molecule has 0 aliphatic carbocycles. The van der Waals surface area contributed by atoms with E-state index in [1.165, 1.54) is 15.9 Å². The fourth-order valence-electron chi connectivity index (χ4n) is 4.29. The van der Waals surface area contributed by atoms with Gasteiger partial charge in [-0.05, 0) is 54.6 Å². The van der Waals surface area contributed by atoms with Gasteiger partial charge in [-0.1, -0.05) is 95.6 Å². The smallest absolute Gasteiger partial charge is 0.251 e. The zero-order chi connectivity index (χ0) is 25.0. The van der Waals surface area contributed by atoms with Gasteiger partial charge in [0.1, 0.15) is 15.9 Å². The summed E-state index contributed by atoms with van der Waals surface area (Å²) < 4.78 is 6.50. The van der Waals surface area contributed by atoms with Gasteiger partial charge in [-0.25, -0.2) is 0 Å². The van der Waals surface area contributed by atoms with Crippen molar-refractivity contribution < 1.29 is 28.4 Å². The van der Waals surface area contributed by atoms with Crippen LogP contribution in [0.4, 0.5) is 0 Å². The Bertz CT molecular complexity index is 1380. The zero-order valence-corrected chi connectivity index (χ0v) is 25.1. The number of halogens is 3. The first-order valence-electron chi connectivity index (χ1n) is 11.4. The van der Waals surface area contributed by atoms with Crippen LogP contribution >= 0.6 is 42.2 Å². The minimum Gasteiger partial charge on any atom is -1.00 e. The Morgan fingerprint density at radius 3 is 1.76 bits per heavy atom. The highest BCUT2D eigenvalue weighted by Gasteiger charge is 2.52. The summed E-state index contributed by atoms with van der Waals surface area (Å²) in [6.45, 7) is 3.92. The zero-order valence-electron chi connectivity index (χ0n) is 19.7. The molecule has 7 heteroatoms. The van der Waals surface area contributed by atoms with Gasteiger partial charge in [0.05, 0.1) is 10.6 Å². The summed E-state index contributed by atoms with van der Waals surface area (Å²) in [6, 6.07) is 37.2. The molecule has 0 saturated carbocycles. The Morgan fingerprint density at radius 2 is 1.30 bits per heavy atom. The molecule has 1 aromatic heterocycles. The highest BCUT2D eigenvalue weighted by atomic mass is 127. The van der Waals surface area contributed by atoms with Crippen LogP contribution in [0.2, 0.25) is 10.0 Å². The van der Waals surface area contributed by atoms with E-state index in [0.29, 0.717) is 27.3 Å². The maximum atomic E-state index is 6.60. The lowest BCUT2D eigenvalue weighted by Crippen LogP contribution is -3.00. The lowest BCUT2D eigenvalue weighted by atomic mass is 10.2. The van der Waals surface area contributed by atoms with E-state index in [-0.39, 0.29) is 24.0 Å². The second-order valence-corrected chi connectivity index (χ2v) is 13.2. The molecule has 186 valence electrons. The molecule has 0 N–H and O–H groups in total. The van der Waals surface area contributed by atoms with Crippen LogP contribution in [0.5, 0.6) is 0 Å². The molecule has 5 rings (SSSR count). The van der Waals surface area contributed by atoms with E-state index in [9.17, 15) is 0 Å². The first kappa shape index (κ1) is 27.9. The van der Waals surface area contributed by atoms with Crippen molar-refractivity contribution in [1.29, 1.82) is 0 Å². The quantitative estimate of drug-likeness (QED) is 0.105. The van der Waals surface area contributed by atoms with Gasteiger partial charge < -0.3 is 28.4 Å². The van der Waals surface area contributed by atoms with Crippen LogP contribution in [0, 0.1) is 0 Å². The van der Waals surface area contributed by atoms with Crippen molar-refractivity contribution in [2.24, 2.45) is 0 Å². The van der Waals surface area contributed by atoms with Crippen LogP contribution < -0.4 is 45.3 Å². The molecule has 0 spiro atoms. The fourth-order valence-corrected chi connectivity index (χ4v) is 10.0. The predicted molar refractivity (Wildman–Crippen MR) is 158 cm³/mol. The third kappa shape index (κ3) is 5.55. The molecule has 0 atom stereocenters. The maximum absolute atomic E-state index is 6.60. The van der Waals surface area contributed by atoms with E-state index in [2.05, 4.69) is 79.4 Å². The molecular formula is C30H23Cl2INOPS. The highest BCUT2D eigenvalue weighted by molar-refractivity contribution is 8.04. The SMILES string of the molecule is C=CCSc1oc(-c2ccc(Cl)cc2Cl)nc1[P+](c1ccccc1)(c1ccccc1)c1ccccc1.[I-]. The standard InChI is InChI=1S/C30H23Cl2NOPS.HI/c1-2-20-36-30-29(33-28(34-30)26-19-18-22(31)21-27(26)32)35(23-12-6-3-7-13-23,24-14-8-4-9-15-24)25-16-10-5-11-17-25;/h2-19,21H,1,20H2;1H/q+1;/p-1. The molecular weight excluding hydrogens is 651 g/mol. The number of benzene rings is 4. The molecule has 0 unspecified atom stereocenters. The minimum absolute atomic E-state index is 0. The second kappa shape index (κ2) is 12.6. The van der Waals surface area contributed by atoms with E-state index in [0.717, 1.165) is 10.5 Å². The van der Waals surface area contributed by atoms with E-state index >= 15 is 0 Å². The largest absolute Gasteiger partial charge is 1.00 e. The molecule has 37 heavy (non-hydrogen) atoms. The molecule has 0 bridgehead atoms. The predicted octanol–water partition coefficient (Wildman–Crippen LogP) is 4.55. The van der Waals surface area contributed by atoms with Gasteiger partial charge in [-0.3, -0.25) is 0 Å². The summed E-state index contributed by atoms with van der Waals surface area (Å²) in [5, 5.41) is 5.43. The Morgan fingerprint density at radius 1 is 0.784 bits per heavy atom. The van der Waals surface area contributed by atoms with E-state index < -0.39 is 7.26 Å². The fraction of sp³-hybridized carbons (Fsp3) is 0.0333. The second-order valence-electron chi connectivity index (χ2n) is 8.03. The molecule has 0 amide bonds. The monoisotopic (exact) mass is 673 g/mol. The number of thioether (sulfide) groups is 1. The van der Waals surface area contributed by atoms with E-state index in [1.807, 2.05) is 30.3 Å². The Labute approximate surface area is 249 Å². The Hall–Kier alpha value is -2.08. The molecule has 1 heterocycles. The summed E-state index contributed by atoms with van der Waals surface area (Å²) in [5.41, 5.74) is 1.62. The number of hydrogen-bond acceptors (Lipinski definition) is 3. The number of nitrogens with zero attached hydrogens (tertiary/aromatic N) is 1. The molecule has 0 aliphatic rings. The van der Waals surface area contributed by atoms with E-state index in [4.69, 9.17) is 32.6 Å². The Balaban J connectivity index is 0.00000320.